The lowest BCUT2D eigenvalue weighted by molar-refractivity contribution is 0.232. The molecule has 0 spiro atoms. The van der Waals surface area contributed by atoms with Gasteiger partial charge in [0.2, 0.25) is 0 Å². The fourth-order valence-electron chi connectivity index (χ4n) is 2.75. The van der Waals surface area contributed by atoms with E-state index in [4.69, 9.17) is 4.74 Å². The van der Waals surface area contributed by atoms with Gasteiger partial charge in [0, 0.05) is 19.1 Å². The molecule has 0 heterocycles. The molecule has 0 aliphatic carbocycles. The Labute approximate surface area is 168 Å². The first kappa shape index (κ1) is 23.3. The van der Waals surface area contributed by atoms with E-state index in [9.17, 15) is 9.90 Å². The van der Waals surface area contributed by atoms with Crippen LogP contribution in [0.4, 0.5) is 4.79 Å². The first-order valence-electron chi connectivity index (χ1n) is 9.39. The van der Waals surface area contributed by atoms with Gasteiger partial charge in [-0.1, -0.05) is 30.9 Å². The number of benzene rings is 1. The van der Waals surface area contributed by atoms with Crippen LogP contribution >= 0.6 is 0 Å². The number of phenolic OH excluding ortho intramolecular Hbond substituents is 1. The summed E-state index contributed by atoms with van der Waals surface area (Å²) in [6, 6.07) is 7.10. The number of hydrogen-bond donors (Lipinski definition) is 3. The van der Waals surface area contributed by atoms with E-state index in [0.717, 1.165) is 23.3 Å². The zero-order valence-electron chi connectivity index (χ0n) is 17.4. The lowest BCUT2D eigenvalue weighted by Gasteiger charge is -2.25. The fraction of sp³-hybridized carbons (Fsp3) is 0.409. The standard InChI is InChI=1S/C22H33N3O3/c1-6-8-21(28-5)18(7-2)13-14-23-22(27)24-16-19(25(3)4)15-17-9-11-20(26)12-10-17/h6-12,19,26H,1,13-16H2,2-5H3,(H2,23,24,27)/b18-7-,21-8+. The Morgan fingerprint density at radius 2 is 1.96 bits per heavy atom. The number of allylic oxidation sites excluding steroid dienone is 4. The van der Waals surface area contributed by atoms with Crippen molar-refractivity contribution in [1.29, 1.82) is 0 Å². The van der Waals surface area contributed by atoms with Gasteiger partial charge in [0.25, 0.3) is 0 Å². The summed E-state index contributed by atoms with van der Waals surface area (Å²) in [5.74, 6) is 1.00. The normalized spacial score (nSPS) is 13.2. The van der Waals surface area contributed by atoms with Crippen LogP contribution in [0.1, 0.15) is 18.9 Å². The quantitative estimate of drug-likeness (QED) is 0.403. The van der Waals surface area contributed by atoms with E-state index < -0.39 is 0 Å². The molecule has 154 valence electrons. The van der Waals surface area contributed by atoms with Gasteiger partial charge >= 0.3 is 6.03 Å². The molecule has 1 rings (SSSR count). The molecular formula is C22H33N3O3. The minimum absolute atomic E-state index is 0.150. The number of likely N-dealkylation sites (N-methyl/N-ethyl adjacent to an activating group) is 1. The van der Waals surface area contributed by atoms with E-state index in [1.807, 2.05) is 39.2 Å². The first-order chi connectivity index (χ1) is 13.4. The Kier molecular flexibility index (Phi) is 10.5. The summed E-state index contributed by atoms with van der Waals surface area (Å²) in [6.45, 7) is 6.66. The Morgan fingerprint density at radius 3 is 2.50 bits per heavy atom. The number of hydrogen-bond acceptors (Lipinski definition) is 4. The van der Waals surface area contributed by atoms with Crippen molar-refractivity contribution < 1.29 is 14.6 Å². The van der Waals surface area contributed by atoms with Crippen LogP contribution in [0.5, 0.6) is 5.75 Å². The molecule has 2 amide bonds. The summed E-state index contributed by atoms with van der Waals surface area (Å²) in [4.78, 5) is 14.2. The topological polar surface area (TPSA) is 73.8 Å². The number of nitrogens with one attached hydrogen (secondary N) is 2. The van der Waals surface area contributed by atoms with E-state index >= 15 is 0 Å². The third kappa shape index (κ3) is 8.31. The van der Waals surface area contributed by atoms with Crippen molar-refractivity contribution in [3.63, 3.8) is 0 Å². The first-order valence-corrected chi connectivity index (χ1v) is 9.39. The summed E-state index contributed by atoms with van der Waals surface area (Å²) in [5.41, 5.74) is 2.12. The van der Waals surface area contributed by atoms with Crippen molar-refractivity contribution in [3.8, 4) is 5.75 Å². The van der Waals surface area contributed by atoms with Gasteiger partial charge < -0.3 is 25.4 Å². The number of nitrogens with zero attached hydrogens (tertiary/aromatic N) is 1. The molecule has 0 saturated carbocycles. The molecule has 0 aliphatic rings. The molecule has 0 aliphatic heterocycles. The molecule has 6 heteroatoms. The largest absolute Gasteiger partial charge is 0.508 e. The number of ether oxygens (including phenoxy) is 1. The second kappa shape index (κ2) is 12.6. The van der Waals surface area contributed by atoms with Gasteiger partial charge in [-0.15, -0.1) is 0 Å². The van der Waals surface area contributed by atoms with Crippen molar-refractivity contribution in [2.24, 2.45) is 0 Å². The van der Waals surface area contributed by atoms with Crippen LogP contribution in [0.3, 0.4) is 0 Å². The molecule has 1 aromatic carbocycles. The van der Waals surface area contributed by atoms with Crippen LogP contribution in [0.25, 0.3) is 0 Å². The molecule has 0 saturated heterocycles. The predicted molar refractivity (Wildman–Crippen MR) is 114 cm³/mol. The molecule has 0 radical (unpaired) electrons. The average Bonchev–Trinajstić information content (AvgIpc) is 2.68. The lowest BCUT2D eigenvalue weighted by atomic mass is 10.1. The van der Waals surface area contributed by atoms with Crippen molar-refractivity contribution >= 4 is 6.03 Å². The second-order valence-corrected chi connectivity index (χ2v) is 6.66. The number of urea groups is 1. The van der Waals surface area contributed by atoms with Crippen LogP contribution in [0.15, 0.2) is 60.4 Å². The summed E-state index contributed by atoms with van der Waals surface area (Å²) in [5, 5.41) is 15.2. The van der Waals surface area contributed by atoms with Gasteiger partial charge in [-0.3, -0.25) is 0 Å². The maximum absolute atomic E-state index is 12.1. The lowest BCUT2D eigenvalue weighted by Crippen LogP contribution is -2.45. The third-order valence-corrected chi connectivity index (χ3v) is 4.47. The summed E-state index contributed by atoms with van der Waals surface area (Å²) < 4.78 is 5.34. The summed E-state index contributed by atoms with van der Waals surface area (Å²) in [6.07, 6.45) is 6.90. The Bertz CT molecular complexity index is 679. The van der Waals surface area contributed by atoms with Crippen LogP contribution < -0.4 is 10.6 Å². The Morgan fingerprint density at radius 1 is 1.29 bits per heavy atom. The fourth-order valence-corrected chi connectivity index (χ4v) is 2.75. The SMILES string of the molecule is C=C/C=C(OC)\C(=C/C)CCNC(=O)NCC(Cc1ccc(O)cc1)N(C)C. The van der Waals surface area contributed by atoms with Crippen molar-refractivity contribution in [2.45, 2.75) is 25.8 Å². The highest BCUT2D eigenvalue weighted by Gasteiger charge is 2.14. The van der Waals surface area contributed by atoms with Crippen LogP contribution in [0, 0.1) is 0 Å². The molecular weight excluding hydrogens is 354 g/mol. The van der Waals surface area contributed by atoms with Crippen molar-refractivity contribution in [1.82, 2.24) is 15.5 Å². The number of carbonyl (C=O) groups excluding carboxylic acids is 1. The van der Waals surface area contributed by atoms with Gasteiger partial charge in [-0.05, 0) is 63.2 Å². The molecule has 3 N–H and O–H groups in total. The van der Waals surface area contributed by atoms with Crippen LogP contribution in [-0.2, 0) is 11.2 Å². The van der Waals surface area contributed by atoms with E-state index in [1.165, 1.54) is 0 Å². The van der Waals surface area contributed by atoms with Gasteiger partial charge in [-0.25, -0.2) is 4.79 Å². The van der Waals surface area contributed by atoms with Crippen molar-refractivity contribution in [2.75, 3.05) is 34.3 Å². The van der Waals surface area contributed by atoms with Crippen molar-refractivity contribution in [3.05, 3.63) is 66.0 Å². The monoisotopic (exact) mass is 387 g/mol. The average molecular weight is 388 g/mol. The smallest absolute Gasteiger partial charge is 0.314 e. The number of amides is 2. The highest BCUT2D eigenvalue weighted by atomic mass is 16.5. The molecule has 0 bridgehead atoms. The van der Waals surface area contributed by atoms with E-state index in [-0.39, 0.29) is 17.8 Å². The summed E-state index contributed by atoms with van der Waals surface area (Å²) >= 11 is 0. The molecule has 1 atom stereocenters. The van der Waals surface area contributed by atoms with Gasteiger partial charge in [0.1, 0.15) is 11.5 Å². The summed E-state index contributed by atoms with van der Waals surface area (Å²) in [7, 11) is 5.59. The number of methoxy groups -OCH3 is 1. The molecule has 6 nitrogen and oxygen atoms in total. The van der Waals surface area contributed by atoms with Crippen LogP contribution in [0.2, 0.25) is 0 Å². The van der Waals surface area contributed by atoms with Crippen LogP contribution in [-0.4, -0.2) is 56.4 Å². The Balaban J connectivity index is 2.47. The van der Waals surface area contributed by atoms with E-state index in [2.05, 4.69) is 22.1 Å². The maximum atomic E-state index is 12.1. The van der Waals surface area contributed by atoms with Gasteiger partial charge in [0.15, 0.2) is 0 Å². The maximum Gasteiger partial charge on any atom is 0.314 e. The Hall–Kier alpha value is -2.73. The molecule has 0 fully saturated rings. The zero-order valence-corrected chi connectivity index (χ0v) is 17.4. The third-order valence-electron chi connectivity index (χ3n) is 4.47. The highest BCUT2D eigenvalue weighted by Crippen LogP contribution is 2.14. The van der Waals surface area contributed by atoms with E-state index in [1.54, 1.807) is 31.4 Å². The molecule has 1 unspecified atom stereocenters. The zero-order chi connectivity index (χ0) is 20.9. The number of rotatable bonds is 11. The van der Waals surface area contributed by atoms with Gasteiger partial charge in [-0.2, -0.15) is 0 Å². The highest BCUT2D eigenvalue weighted by molar-refractivity contribution is 5.73. The molecule has 0 aromatic heterocycles. The number of carbonyl (C=O) groups is 1. The minimum atomic E-state index is -0.195. The van der Waals surface area contributed by atoms with Gasteiger partial charge in [0.05, 0.1) is 7.11 Å². The molecule has 28 heavy (non-hydrogen) atoms. The van der Waals surface area contributed by atoms with E-state index in [0.29, 0.717) is 19.5 Å². The predicted octanol–water partition coefficient (Wildman–Crippen LogP) is 3.22. The number of aromatic hydroxyl groups is 1. The second-order valence-electron chi connectivity index (χ2n) is 6.66. The number of phenols is 1. The minimum Gasteiger partial charge on any atom is -0.508 e. The molecule has 1 aromatic rings.